The van der Waals surface area contributed by atoms with Gasteiger partial charge in [0.2, 0.25) is 0 Å². The van der Waals surface area contributed by atoms with Gasteiger partial charge in [0.1, 0.15) is 37.4 Å². The number of phenolic OH excluding ortho intramolecular Hbond substituents is 1. The molecule has 0 unspecified atom stereocenters. The van der Waals surface area contributed by atoms with Gasteiger partial charge in [-0.05, 0) is 89.3 Å². The van der Waals surface area contributed by atoms with E-state index in [2.05, 4.69) is 58.8 Å². The SMILES string of the molecule is Nc1ccc(N=Nc2ccc(/C=C/c3ccc(N=Nc4c(S(=O)(=O)O)cc5cc(SOOO)c(N=Nc6ccc(S(=O)(=O)CCOSOOO)cc6S(=O)(=O)O)c(N)c5c4O)cc3S(=O)(=O)O)c(SOOO)c2)c(N)c1. The van der Waals surface area contributed by atoms with Crippen molar-refractivity contribution in [3.63, 3.8) is 0 Å². The minimum Gasteiger partial charge on any atom is -0.505 e. The second-order valence-corrected chi connectivity index (χ2v) is 22.6. The van der Waals surface area contributed by atoms with E-state index in [1.165, 1.54) is 36.4 Å². The average molecular weight is 1190 g/mol. The first-order chi connectivity index (χ1) is 35.9. The van der Waals surface area contributed by atoms with Crippen molar-refractivity contribution in [3.8, 4) is 5.75 Å². The maximum absolute atomic E-state index is 12.9. The number of anilines is 3. The van der Waals surface area contributed by atoms with Gasteiger partial charge >= 0.3 is 0 Å². The molecule has 0 saturated heterocycles. The standard InChI is InChI=1S/C38H33N9O22S7/c39-22-5-9-27(26(40)15-22)44-42-23-6-3-19(29(16-23)70-67-64-49)1-2-20-4-7-24(17-31(20)74(54,55)56)43-47-37-33(76(60,61)62)14-21-13-30(71-68-65-50)36(35(41)34(21)38(37)48)46-45-28-10-8-25(18-32(28)75(57,58)59)73(52,53)12-11-63-72-69-66-51/h1-10,13-18,48-51H,11-12,39-41H2,(H,54,55,56)(H,57,58,59)(H,60,61,62)/b2-1+,44-42?,46-45?,47-43?. The van der Waals surface area contributed by atoms with E-state index in [1.54, 1.807) is 12.1 Å². The highest BCUT2D eigenvalue weighted by atomic mass is 32.2. The molecule has 0 aliphatic heterocycles. The molecular formula is C38H33N9O22S7. The van der Waals surface area contributed by atoms with Crippen molar-refractivity contribution < 1.29 is 101 Å². The highest BCUT2D eigenvalue weighted by molar-refractivity contribution is 7.95. The molecule has 0 fully saturated rings. The largest absolute Gasteiger partial charge is 0.505 e. The molecule has 0 radical (unpaired) electrons. The fourth-order valence-electron chi connectivity index (χ4n) is 6.29. The van der Waals surface area contributed by atoms with Crippen LogP contribution in [0.2, 0.25) is 0 Å². The number of sulfone groups is 1. The number of hydrogen-bond acceptors (Lipinski definition) is 31. The van der Waals surface area contributed by atoms with E-state index in [0.29, 0.717) is 35.0 Å². The summed E-state index contributed by atoms with van der Waals surface area (Å²) in [7, 11) is -20.0. The van der Waals surface area contributed by atoms with Gasteiger partial charge in [-0.25, -0.2) is 24.2 Å². The minimum atomic E-state index is -5.34. The Hall–Kier alpha value is -6.35. The summed E-state index contributed by atoms with van der Waals surface area (Å²) >= 11 is 0.728. The quantitative estimate of drug-likeness (QED) is 0.00394. The summed E-state index contributed by atoms with van der Waals surface area (Å²) in [5.74, 6) is -1.91. The van der Waals surface area contributed by atoms with E-state index >= 15 is 0 Å². The first-order valence-electron chi connectivity index (χ1n) is 19.7. The normalized spacial score (nSPS) is 12.9. The molecule has 31 nitrogen and oxygen atoms in total. The van der Waals surface area contributed by atoms with Crippen LogP contribution in [-0.2, 0) is 72.5 Å². The number of azo groups is 3. The van der Waals surface area contributed by atoms with Crippen LogP contribution in [0.5, 0.6) is 5.75 Å². The van der Waals surface area contributed by atoms with E-state index in [9.17, 15) is 52.4 Å². The molecule has 6 rings (SSSR count). The lowest BCUT2D eigenvalue weighted by atomic mass is 10.1. The van der Waals surface area contributed by atoms with Crippen LogP contribution in [-0.4, -0.2) is 80.6 Å². The minimum absolute atomic E-state index is 0.0700. The molecule has 6 aromatic carbocycles. The Kier molecular flexibility index (Phi) is 19.5. The number of fused-ring (bicyclic) bond motifs is 1. The molecule has 404 valence electrons. The van der Waals surface area contributed by atoms with Gasteiger partial charge in [-0.2, -0.15) is 35.5 Å². The van der Waals surface area contributed by atoms with E-state index in [-0.39, 0.29) is 56.5 Å². The first kappa shape index (κ1) is 58.9. The summed E-state index contributed by atoms with van der Waals surface area (Å²) in [5, 5.41) is 70.8. The molecule has 0 aliphatic rings. The second kappa shape index (κ2) is 25.2. The molecule has 76 heavy (non-hydrogen) atoms. The second-order valence-electron chi connectivity index (χ2n) is 14.4. The Morgan fingerprint density at radius 2 is 1.13 bits per heavy atom. The molecule has 0 saturated carbocycles. The maximum atomic E-state index is 12.9. The van der Waals surface area contributed by atoms with Crippen LogP contribution in [0.4, 0.5) is 51.2 Å². The average Bonchev–Trinajstić information content (AvgIpc) is 3.35. The summed E-state index contributed by atoms with van der Waals surface area (Å²) in [4.78, 5) is -3.72. The number of nitrogen functional groups attached to an aromatic ring is 3. The first-order valence-corrected chi connectivity index (χ1v) is 27.8. The molecule has 0 heterocycles. The highest BCUT2D eigenvalue weighted by Gasteiger charge is 2.27. The summed E-state index contributed by atoms with van der Waals surface area (Å²) in [6.45, 7) is -0.566. The van der Waals surface area contributed by atoms with Gasteiger partial charge in [-0.15, -0.1) is 33.5 Å². The van der Waals surface area contributed by atoms with Gasteiger partial charge in [0.05, 0.1) is 74.4 Å². The van der Waals surface area contributed by atoms with Crippen molar-refractivity contribution in [3.05, 3.63) is 96.1 Å². The number of phenols is 1. The number of aromatic hydroxyl groups is 1. The Labute approximate surface area is 440 Å². The van der Waals surface area contributed by atoms with E-state index in [4.69, 9.17) is 37.2 Å². The topological polar surface area (TPSA) is 495 Å². The summed E-state index contributed by atoms with van der Waals surface area (Å²) in [5.41, 5.74) is 16.2. The fourth-order valence-corrected chi connectivity index (χ4v) is 10.8. The lowest BCUT2D eigenvalue weighted by Gasteiger charge is -2.14. The predicted octanol–water partition coefficient (Wildman–Crippen LogP) is 9.08. The lowest BCUT2D eigenvalue weighted by molar-refractivity contribution is -0.434. The molecule has 0 aromatic heterocycles. The summed E-state index contributed by atoms with van der Waals surface area (Å²) in [6.07, 6.45) is 2.61. The monoisotopic (exact) mass is 1190 g/mol. The third-order valence-corrected chi connectivity index (χ3v) is 15.6. The molecule has 38 heteroatoms. The van der Waals surface area contributed by atoms with Gasteiger partial charge in [0, 0.05) is 10.6 Å². The molecule has 0 aliphatic carbocycles. The van der Waals surface area contributed by atoms with Crippen molar-refractivity contribution in [2.24, 2.45) is 30.7 Å². The van der Waals surface area contributed by atoms with E-state index < -0.39 is 112 Å². The molecule has 0 spiro atoms. The molecule has 0 atom stereocenters. The van der Waals surface area contributed by atoms with Crippen molar-refractivity contribution >= 4 is 151 Å². The third-order valence-electron chi connectivity index (χ3n) is 9.57. The van der Waals surface area contributed by atoms with Crippen LogP contribution in [0.3, 0.4) is 0 Å². The molecule has 0 bridgehead atoms. The van der Waals surface area contributed by atoms with Gasteiger partial charge in [0.25, 0.3) is 30.4 Å². The fraction of sp³-hybridized carbons (Fsp3) is 0.0526. The van der Waals surface area contributed by atoms with Crippen LogP contribution >= 0.6 is 36.4 Å². The zero-order valence-electron chi connectivity index (χ0n) is 37.2. The zero-order chi connectivity index (χ0) is 55.6. The van der Waals surface area contributed by atoms with Crippen molar-refractivity contribution in [1.29, 1.82) is 0 Å². The maximum Gasteiger partial charge on any atom is 0.296 e. The van der Waals surface area contributed by atoms with E-state index in [0.717, 1.165) is 42.5 Å². The predicted molar refractivity (Wildman–Crippen MR) is 267 cm³/mol. The molecular weight excluding hydrogens is 1160 g/mol. The Balaban J connectivity index is 1.39. The number of benzene rings is 6. The number of nitrogens with zero attached hydrogens (tertiary/aromatic N) is 6. The number of nitrogens with two attached hydrogens (primary N) is 3. The molecule has 13 N–H and O–H groups in total. The molecule has 0 amide bonds. The van der Waals surface area contributed by atoms with Crippen LogP contribution in [0.1, 0.15) is 11.1 Å². The van der Waals surface area contributed by atoms with Crippen molar-refractivity contribution in [2.45, 2.75) is 29.4 Å². The molecule has 6 aromatic rings. The number of rotatable bonds is 24. The van der Waals surface area contributed by atoms with Crippen LogP contribution in [0.25, 0.3) is 22.9 Å². The Bertz CT molecular complexity index is 3780. The summed E-state index contributed by atoms with van der Waals surface area (Å²) in [6, 6.07) is 16.1. The van der Waals surface area contributed by atoms with Gasteiger partial charge in [0.15, 0.2) is 27.9 Å². The number of hydrogen-bond donors (Lipinski definition) is 10. The lowest BCUT2D eigenvalue weighted by Crippen LogP contribution is -2.12. The van der Waals surface area contributed by atoms with Crippen LogP contribution in [0, 0.1) is 0 Å². The van der Waals surface area contributed by atoms with Crippen LogP contribution in [0.15, 0.2) is 145 Å². The Morgan fingerprint density at radius 3 is 1.78 bits per heavy atom. The highest BCUT2D eigenvalue weighted by Crippen LogP contribution is 2.50. The van der Waals surface area contributed by atoms with E-state index in [1.807, 2.05) is 0 Å². The smallest absolute Gasteiger partial charge is 0.296 e. The van der Waals surface area contributed by atoms with Crippen molar-refractivity contribution in [1.82, 2.24) is 0 Å². The Morgan fingerprint density at radius 1 is 0.553 bits per heavy atom. The van der Waals surface area contributed by atoms with Crippen LogP contribution < -0.4 is 17.2 Å². The van der Waals surface area contributed by atoms with Gasteiger partial charge < -0.3 is 22.3 Å². The summed E-state index contributed by atoms with van der Waals surface area (Å²) < 4.78 is 150. The van der Waals surface area contributed by atoms with Crippen molar-refractivity contribution in [2.75, 3.05) is 29.6 Å². The zero-order valence-corrected chi connectivity index (χ0v) is 42.9. The third kappa shape index (κ3) is 15.0. The van der Waals surface area contributed by atoms with Gasteiger partial charge in [-0.1, -0.05) is 39.4 Å². The van der Waals surface area contributed by atoms with Gasteiger partial charge in [-0.3, -0.25) is 17.8 Å².